The molecule has 0 bridgehead atoms. The van der Waals surface area contributed by atoms with Crippen molar-refractivity contribution in [3.8, 4) is 0 Å². The van der Waals surface area contributed by atoms with Gasteiger partial charge in [-0.05, 0) is 38.5 Å². The van der Waals surface area contributed by atoms with Crippen molar-refractivity contribution in [3.05, 3.63) is 0 Å². The van der Waals surface area contributed by atoms with Crippen molar-refractivity contribution in [1.82, 2.24) is 0 Å². The van der Waals surface area contributed by atoms with Crippen molar-refractivity contribution in [2.24, 2.45) is 5.92 Å². The predicted octanol–water partition coefficient (Wildman–Crippen LogP) is 2.49. The first-order chi connectivity index (χ1) is 7.99. The second-order valence-corrected chi connectivity index (χ2v) is 7.51. The minimum Gasteiger partial charge on any atom is -0.328 e. The van der Waals surface area contributed by atoms with Gasteiger partial charge in [0.2, 0.25) is 0 Å². The van der Waals surface area contributed by atoms with Crippen LogP contribution in [0.25, 0.3) is 0 Å². The number of likely N-dealkylation sites (tertiary alicyclic amines) is 2. The summed E-state index contributed by atoms with van der Waals surface area (Å²) in [6.07, 6.45) is 8.79. The van der Waals surface area contributed by atoms with Crippen molar-refractivity contribution in [1.29, 1.82) is 0 Å². The predicted molar refractivity (Wildman–Crippen MR) is 73.8 cm³/mol. The summed E-state index contributed by atoms with van der Waals surface area (Å²) in [5.41, 5.74) is 0. The van der Waals surface area contributed by atoms with Crippen molar-refractivity contribution in [3.63, 3.8) is 0 Å². The molecule has 0 saturated carbocycles. The summed E-state index contributed by atoms with van der Waals surface area (Å²) in [6, 6.07) is 0. The molecule has 1 atom stereocenters. The van der Waals surface area contributed by atoms with Crippen LogP contribution in [0.15, 0.2) is 0 Å². The highest BCUT2D eigenvalue weighted by molar-refractivity contribution is 4.64. The summed E-state index contributed by atoms with van der Waals surface area (Å²) in [5, 5.41) is 0. The zero-order valence-electron chi connectivity index (χ0n) is 12.2. The maximum Gasteiger partial charge on any atom is 0.0867 e. The molecule has 2 saturated heterocycles. The van der Waals surface area contributed by atoms with Crippen molar-refractivity contribution in [2.75, 3.05) is 53.9 Å². The molecule has 0 aromatic heterocycles. The smallest absolute Gasteiger partial charge is 0.0867 e. The van der Waals surface area contributed by atoms with Crippen molar-refractivity contribution >= 4 is 0 Å². The van der Waals surface area contributed by atoms with E-state index in [-0.39, 0.29) is 0 Å². The zero-order valence-corrected chi connectivity index (χ0v) is 12.2. The summed E-state index contributed by atoms with van der Waals surface area (Å²) in [4.78, 5) is 0. The van der Waals surface area contributed by atoms with Crippen LogP contribution < -0.4 is 0 Å². The van der Waals surface area contributed by atoms with Gasteiger partial charge in [-0.2, -0.15) is 0 Å². The van der Waals surface area contributed by atoms with Crippen LogP contribution in [0.5, 0.6) is 0 Å². The molecular formula is C15H32N2+2. The highest BCUT2D eigenvalue weighted by Crippen LogP contribution is 2.25. The largest absolute Gasteiger partial charge is 0.328 e. The lowest BCUT2D eigenvalue weighted by molar-refractivity contribution is -0.929. The number of quaternary nitrogens is 2. The molecule has 0 radical (unpaired) electrons. The van der Waals surface area contributed by atoms with E-state index in [9.17, 15) is 0 Å². The summed E-state index contributed by atoms with van der Waals surface area (Å²) in [5.74, 6) is 0.974. The van der Waals surface area contributed by atoms with Crippen molar-refractivity contribution in [2.45, 2.75) is 38.5 Å². The third-order valence-corrected chi connectivity index (χ3v) is 4.97. The van der Waals surface area contributed by atoms with Gasteiger partial charge in [0, 0.05) is 0 Å². The fraction of sp³-hybridized carbons (Fsp3) is 1.00. The van der Waals surface area contributed by atoms with Gasteiger partial charge in [0.25, 0.3) is 0 Å². The Bertz CT molecular complexity index is 239. The quantitative estimate of drug-likeness (QED) is 0.651. The highest BCUT2D eigenvalue weighted by Gasteiger charge is 2.34. The molecule has 2 heteroatoms. The lowest BCUT2D eigenvalue weighted by atomic mass is 9.95. The fourth-order valence-electron chi connectivity index (χ4n) is 4.10. The van der Waals surface area contributed by atoms with Gasteiger partial charge in [-0.1, -0.05) is 0 Å². The van der Waals surface area contributed by atoms with Gasteiger partial charge in [-0.25, -0.2) is 0 Å². The lowest BCUT2D eigenvalue weighted by Crippen LogP contribution is -2.54. The standard InChI is InChI=1S/C15H32N2/c1-16(2)10-8-9-15(13-16)14-17(3)11-6-4-5-7-12-17/h15H,4-14H2,1-3H3/q+2/t15-/m1/s1. The number of piperidine rings is 1. The summed E-state index contributed by atoms with van der Waals surface area (Å²) in [6.45, 7) is 7.11. The molecule has 0 amide bonds. The van der Waals surface area contributed by atoms with E-state index in [1.807, 2.05) is 0 Å². The molecule has 0 aliphatic carbocycles. The molecule has 2 rings (SSSR count). The van der Waals surface area contributed by atoms with Crippen molar-refractivity contribution < 1.29 is 8.97 Å². The Labute approximate surface area is 108 Å². The summed E-state index contributed by atoms with van der Waals surface area (Å²) >= 11 is 0. The van der Waals surface area contributed by atoms with Crippen LogP contribution in [0.1, 0.15) is 38.5 Å². The van der Waals surface area contributed by atoms with Gasteiger partial charge >= 0.3 is 0 Å². The Hall–Kier alpha value is -0.0800. The highest BCUT2D eigenvalue weighted by atomic mass is 15.4. The molecular weight excluding hydrogens is 208 g/mol. The van der Waals surface area contributed by atoms with Gasteiger partial charge in [0.05, 0.1) is 59.8 Å². The van der Waals surface area contributed by atoms with Crippen LogP contribution in [0.4, 0.5) is 0 Å². The Balaban J connectivity index is 1.90. The maximum atomic E-state index is 2.51. The van der Waals surface area contributed by atoms with E-state index >= 15 is 0 Å². The van der Waals surface area contributed by atoms with Crippen LogP contribution in [-0.2, 0) is 0 Å². The molecule has 0 spiro atoms. The van der Waals surface area contributed by atoms with E-state index in [1.54, 1.807) is 0 Å². The van der Waals surface area contributed by atoms with Crippen LogP contribution in [0, 0.1) is 5.92 Å². The van der Waals surface area contributed by atoms with Gasteiger partial charge < -0.3 is 8.97 Å². The molecule has 100 valence electrons. The number of nitrogens with zero attached hydrogens (tertiary/aromatic N) is 2. The summed E-state index contributed by atoms with van der Waals surface area (Å²) < 4.78 is 2.62. The average molecular weight is 240 g/mol. The third-order valence-electron chi connectivity index (χ3n) is 4.97. The van der Waals surface area contributed by atoms with Crippen LogP contribution >= 0.6 is 0 Å². The molecule has 0 N–H and O–H groups in total. The Morgan fingerprint density at radius 3 is 2.06 bits per heavy atom. The molecule has 17 heavy (non-hydrogen) atoms. The monoisotopic (exact) mass is 240 g/mol. The van der Waals surface area contributed by atoms with E-state index in [2.05, 4.69) is 21.1 Å². The molecule has 2 aliphatic rings. The van der Waals surface area contributed by atoms with E-state index < -0.39 is 0 Å². The minimum absolute atomic E-state index is 0.974. The van der Waals surface area contributed by atoms with E-state index in [0.29, 0.717) is 0 Å². The Morgan fingerprint density at radius 2 is 1.47 bits per heavy atom. The van der Waals surface area contributed by atoms with Crippen LogP contribution in [0.3, 0.4) is 0 Å². The maximum absolute atomic E-state index is 2.51. The van der Waals surface area contributed by atoms with E-state index in [4.69, 9.17) is 0 Å². The topological polar surface area (TPSA) is 0 Å². The molecule has 2 aliphatic heterocycles. The van der Waals surface area contributed by atoms with Gasteiger partial charge in [0.15, 0.2) is 0 Å². The van der Waals surface area contributed by atoms with Gasteiger partial charge in [0.1, 0.15) is 0 Å². The number of hydrogen-bond donors (Lipinski definition) is 0. The van der Waals surface area contributed by atoms with Gasteiger partial charge in [-0.15, -0.1) is 0 Å². The number of hydrogen-bond acceptors (Lipinski definition) is 0. The minimum atomic E-state index is 0.974. The molecule has 0 aromatic rings. The van der Waals surface area contributed by atoms with Gasteiger partial charge in [-0.3, -0.25) is 0 Å². The summed E-state index contributed by atoms with van der Waals surface area (Å²) in [7, 11) is 7.34. The Morgan fingerprint density at radius 1 is 0.824 bits per heavy atom. The van der Waals surface area contributed by atoms with E-state index in [1.165, 1.54) is 80.2 Å². The Kier molecular flexibility index (Phi) is 4.14. The second kappa shape index (κ2) is 5.27. The first-order valence-corrected chi connectivity index (χ1v) is 7.65. The van der Waals surface area contributed by atoms with Crippen LogP contribution in [-0.4, -0.2) is 62.8 Å². The molecule has 2 heterocycles. The first-order valence-electron chi connectivity index (χ1n) is 7.65. The molecule has 0 aromatic carbocycles. The van der Waals surface area contributed by atoms with E-state index in [0.717, 1.165) is 5.92 Å². The average Bonchev–Trinajstić information content (AvgIpc) is 2.41. The zero-order chi connectivity index (χ0) is 12.4. The normalized spacial score (nSPS) is 33.0. The molecule has 2 fully saturated rings. The molecule has 2 nitrogen and oxygen atoms in total. The number of rotatable bonds is 2. The fourth-order valence-corrected chi connectivity index (χ4v) is 4.10. The van der Waals surface area contributed by atoms with Crippen LogP contribution in [0.2, 0.25) is 0 Å². The lowest BCUT2D eigenvalue weighted by Gasteiger charge is -2.42. The first kappa shape index (κ1) is 13.4. The molecule has 0 unspecified atom stereocenters. The second-order valence-electron chi connectivity index (χ2n) is 7.51. The third kappa shape index (κ3) is 3.96. The SMILES string of the molecule is C[N+]1(C)CCC[C@@H](C[N+]2(C)CCCCCC2)C1.